The zero-order valence-corrected chi connectivity index (χ0v) is 15.2. The van der Waals surface area contributed by atoms with Crippen LogP contribution in [0.2, 0.25) is 5.02 Å². The highest BCUT2D eigenvalue weighted by molar-refractivity contribution is 6.31. The van der Waals surface area contributed by atoms with E-state index in [-0.39, 0.29) is 5.91 Å². The number of amides is 1. The van der Waals surface area contributed by atoms with Crippen molar-refractivity contribution in [2.45, 2.75) is 65.5 Å². The average Bonchev–Trinajstić information content (AvgIpc) is 3.23. The van der Waals surface area contributed by atoms with Gasteiger partial charge in [0.25, 0.3) is 0 Å². The third-order valence-electron chi connectivity index (χ3n) is 4.64. The summed E-state index contributed by atoms with van der Waals surface area (Å²) in [5.41, 5.74) is 2.63. The first-order valence-corrected chi connectivity index (χ1v) is 8.89. The number of rotatable bonds is 5. The van der Waals surface area contributed by atoms with E-state index in [0.717, 1.165) is 35.7 Å². The van der Waals surface area contributed by atoms with Crippen LogP contribution < -0.4 is 5.32 Å². The lowest BCUT2D eigenvalue weighted by Gasteiger charge is -2.14. The largest absolute Gasteiger partial charge is 0.311 e. The fraction of sp³-hybridized carbons (Fsp3) is 0.588. The van der Waals surface area contributed by atoms with Crippen LogP contribution in [0.4, 0.5) is 5.82 Å². The van der Waals surface area contributed by atoms with E-state index in [1.807, 2.05) is 31.5 Å². The van der Waals surface area contributed by atoms with Crippen molar-refractivity contribution in [1.29, 1.82) is 0 Å². The Balaban J connectivity index is 1.63. The van der Waals surface area contributed by atoms with Crippen molar-refractivity contribution in [3.8, 4) is 0 Å². The van der Waals surface area contributed by atoms with Crippen molar-refractivity contribution in [1.82, 2.24) is 19.6 Å². The third-order valence-corrected chi connectivity index (χ3v) is 5.19. The highest BCUT2D eigenvalue weighted by Crippen LogP contribution is 2.31. The van der Waals surface area contributed by atoms with E-state index >= 15 is 0 Å². The fourth-order valence-electron chi connectivity index (χ4n) is 3.34. The number of hydrogen-bond donors (Lipinski definition) is 1. The highest BCUT2D eigenvalue weighted by Gasteiger charge is 2.21. The van der Waals surface area contributed by atoms with Crippen LogP contribution >= 0.6 is 11.6 Å². The van der Waals surface area contributed by atoms with Crippen molar-refractivity contribution in [2.24, 2.45) is 0 Å². The van der Waals surface area contributed by atoms with E-state index in [9.17, 15) is 4.79 Å². The monoisotopic (exact) mass is 349 g/mol. The minimum Gasteiger partial charge on any atom is -0.311 e. The predicted molar refractivity (Wildman–Crippen MR) is 94.4 cm³/mol. The first kappa shape index (κ1) is 17.0. The van der Waals surface area contributed by atoms with Gasteiger partial charge in [-0.2, -0.15) is 10.2 Å². The van der Waals surface area contributed by atoms with Gasteiger partial charge < -0.3 is 5.32 Å². The lowest BCUT2D eigenvalue weighted by molar-refractivity contribution is -0.116. The highest BCUT2D eigenvalue weighted by atomic mass is 35.5. The van der Waals surface area contributed by atoms with Crippen LogP contribution in [0.5, 0.6) is 0 Å². The Kier molecular flexibility index (Phi) is 4.94. The van der Waals surface area contributed by atoms with Crippen LogP contribution in [0.3, 0.4) is 0 Å². The molecule has 1 aliphatic rings. The van der Waals surface area contributed by atoms with E-state index in [2.05, 4.69) is 15.5 Å². The lowest BCUT2D eigenvalue weighted by Crippen LogP contribution is -2.19. The Morgan fingerprint density at radius 3 is 2.62 bits per heavy atom. The van der Waals surface area contributed by atoms with Gasteiger partial charge in [-0.25, -0.2) is 4.68 Å². The van der Waals surface area contributed by atoms with E-state index in [1.165, 1.54) is 12.8 Å². The Labute approximate surface area is 147 Å². The van der Waals surface area contributed by atoms with E-state index < -0.39 is 0 Å². The number of nitrogens with zero attached hydrogens (tertiary/aromatic N) is 4. The smallest absolute Gasteiger partial charge is 0.227 e. The lowest BCUT2D eigenvalue weighted by atomic mass is 10.2. The molecule has 1 fully saturated rings. The van der Waals surface area contributed by atoms with Gasteiger partial charge in [-0.15, -0.1) is 0 Å². The molecule has 0 aliphatic heterocycles. The van der Waals surface area contributed by atoms with Gasteiger partial charge in [-0.05, 0) is 33.6 Å². The summed E-state index contributed by atoms with van der Waals surface area (Å²) in [6.07, 6.45) is 5.08. The van der Waals surface area contributed by atoms with Crippen molar-refractivity contribution in [3.05, 3.63) is 28.2 Å². The van der Waals surface area contributed by atoms with E-state index in [0.29, 0.717) is 24.0 Å². The number of carbonyl (C=O) groups excluding carboxylic acids is 1. The SMILES string of the molecule is Cc1cc(NC(=O)CCn2nc(C)c(Cl)c2C)n(C2CCCC2)n1. The molecule has 0 saturated heterocycles. The molecule has 7 heteroatoms. The number of carbonyl (C=O) groups is 1. The Hall–Kier alpha value is -1.82. The van der Waals surface area contributed by atoms with Gasteiger partial charge in [-0.3, -0.25) is 9.48 Å². The van der Waals surface area contributed by atoms with Crippen LogP contribution in [0.15, 0.2) is 6.07 Å². The molecule has 2 heterocycles. The first-order chi connectivity index (χ1) is 11.5. The molecule has 1 amide bonds. The fourth-order valence-corrected chi connectivity index (χ4v) is 3.48. The molecule has 130 valence electrons. The first-order valence-electron chi connectivity index (χ1n) is 8.51. The Morgan fingerprint density at radius 2 is 2.00 bits per heavy atom. The summed E-state index contributed by atoms with van der Waals surface area (Å²) in [7, 11) is 0. The van der Waals surface area contributed by atoms with Gasteiger partial charge in [0.2, 0.25) is 5.91 Å². The van der Waals surface area contributed by atoms with Crippen LogP contribution in [0, 0.1) is 20.8 Å². The van der Waals surface area contributed by atoms with Crippen LogP contribution in [0.1, 0.15) is 55.2 Å². The Bertz CT molecular complexity index is 742. The van der Waals surface area contributed by atoms with Gasteiger partial charge in [0.1, 0.15) is 5.82 Å². The molecule has 0 unspecified atom stereocenters. The second kappa shape index (κ2) is 6.97. The second-order valence-electron chi connectivity index (χ2n) is 6.56. The molecular formula is C17H24ClN5O. The molecule has 1 aliphatic carbocycles. The van der Waals surface area contributed by atoms with Crippen molar-refractivity contribution < 1.29 is 4.79 Å². The van der Waals surface area contributed by atoms with Crippen molar-refractivity contribution >= 4 is 23.3 Å². The quantitative estimate of drug-likeness (QED) is 0.892. The minimum absolute atomic E-state index is 0.0298. The summed E-state index contributed by atoms with van der Waals surface area (Å²) >= 11 is 6.14. The molecule has 6 nitrogen and oxygen atoms in total. The molecule has 1 N–H and O–H groups in total. The van der Waals surface area contributed by atoms with Crippen LogP contribution in [-0.2, 0) is 11.3 Å². The molecule has 0 bridgehead atoms. The van der Waals surface area contributed by atoms with Gasteiger partial charge in [0.05, 0.1) is 34.7 Å². The summed E-state index contributed by atoms with van der Waals surface area (Å²) < 4.78 is 3.77. The number of nitrogens with one attached hydrogen (secondary N) is 1. The summed E-state index contributed by atoms with van der Waals surface area (Å²) in [6, 6.07) is 2.35. The van der Waals surface area contributed by atoms with Gasteiger partial charge >= 0.3 is 0 Å². The maximum atomic E-state index is 12.3. The molecule has 1 saturated carbocycles. The topological polar surface area (TPSA) is 64.7 Å². The molecule has 0 spiro atoms. The number of anilines is 1. The van der Waals surface area contributed by atoms with Gasteiger partial charge in [0, 0.05) is 12.5 Å². The van der Waals surface area contributed by atoms with Crippen LogP contribution in [0.25, 0.3) is 0 Å². The maximum absolute atomic E-state index is 12.3. The number of aromatic nitrogens is 4. The molecule has 2 aromatic rings. The second-order valence-corrected chi connectivity index (χ2v) is 6.94. The molecule has 24 heavy (non-hydrogen) atoms. The van der Waals surface area contributed by atoms with Crippen LogP contribution in [-0.4, -0.2) is 25.5 Å². The average molecular weight is 350 g/mol. The molecule has 0 atom stereocenters. The van der Waals surface area contributed by atoms with Gasteiger partial charge in [-0.1, -0.05) is 24.4 Å². The summed E-state index contributed by atoms with van der Waals surface area (Å²) in [5.74, 6) is 0.772. The molecule has 2 aromatic heterocycles. The van der Waals surface area contributed by atoms with E-state index in [1.54, 1.807) is 4.68 Å². The zero-order valence-electron chi connectivity index (χ0n) is 14.5. The van der Waals surface area contributed by atoms with E-state index in [4.69, 9.17) is 11.6 Å². The number of aryl methyl sites for hydroxylation is 3. The molecule has 3 rings (SSSR count). The third kappa shape index (κ3) is 3.48. The summed E-state index contributed by atoms with van der Waals surface area (Å²) in [5, 5.41) is 12.6. The standard InChI is InChI=1S/C17H24ClN5O/c1-11-10-15(23(20-11)14-6-4-5-7-14)19-16(24)8-9-22-13(3)17(18)12(2)21-22/h10,14H,4-9H2,1-3H3,(H,19,24). The maximum Gasteiger partial charge on any atom is 0.227 e. The minimum atomic E-state index is -0.0298. The molecular weight excluding hydrogens is 326 g/mol. The predicted octanol–water partition coefficient (Wildman–Crippen LogP) is 3.80. The van der Waals surface area contributed by atoms with Gasteiger partial charge in [0.15, 0.2) is 0 Å². The van der Waals surface area contributed by atoms with Crippen molar-refractivity contribution in [3.63, 3.8) is 0 Å². The molecule has 0 aromatic carbocycles. The molecule has 0 radical (unpaired) electrons. The summed E-state index contributed by atoms with van der Waals surface area (Å²) in [6.45, 7) is 6.26. The Morgan fingerprint density at radius 1 is 1.29 bits per heavy atom. The zero-order chi connectivity index (χ0) is 17.3. The number of halogens is 1. The normalized spacial score (nSPS) is 15.2. The van der Waals surface area contributed by atoms with Crippen molar-refractivity contribution in [2.75, 3.05) is 5.32 Å². The number of hydrogen-bond acceptors (Lipinski definition) is 3. The summed E-state index contributed by atoms with van der Waals surface area (Å²) in [4.78, 5) is 12.3.